The molecule has 28 heavy (non-hydrogen) atoms. The van der Waals surface area contributed by atoms with Crippen LogP contribution < -0.4 is 10.6 Å². The number of nitrogens with zero attached hydrogens (tertiary/aromatic N) is 2. The van der Waals surface area contributed by atoms with Gasteiger partial charge in [0.1, 0.15) is 0 Å². The fourth-order valence-electron chi connectivity index (χ4n) is 3.18. The first-order valence-corrected chi connectivity index (χ1v) is 10.8. The van der Waals surface area contributed by atoms with E-state index in [0.717, 1.165) is 45.0 Å². The van der Waals surface area contributed by atoms with Gasteiger partial charge in [-0.05, 0) is 24.7 Å². The fraction of sp³-hybridized carbons (Fsp3) is 0.500. The molecule has 0 saturated carbocycles. The van der Waals surface area contributed by atoms with Crippen LogP contribution in [0.2, 0.25) is 0 Å². The van der Waals surface area contributed by atoms with E-state index in [4.69, 9.17) is 4.74 Å². The molecule has 2 aliphatic rings. The molecule has 0 spiro atoms. The maximum Gasteiger partial charge on any atom is 0.291 e. The molecule has 0 aliphatic carbocycles. The molecule has 2 heterocycles. The van der Waals surface area contributed by atoms with Crippen LogP contribution >= 0.6 is 11.8 Å². The molecule has 0 bridgehead atoms. The largest absolute Gasteiger partial charge is 0.487 e. The Morgan fingerprint density at radius 3 is 2.64 bits per heavy atom. The molecule has 0 unspecified atom stereocenters. The molecule has 152 valence electrons. The second kappa shape index (κ2) is 10.5. The standard InChI is InChI=1S/C20H28N4O3S/c1-2-23-8-10-24(11-9-23)7-6-21-19(25)16-4-3-5-17(14-16)22-20(26)18-15-28-13-12-27-18/h3-5,14-15H,2,6-13H2,1H3,(H,21,25)(H,22,26). The molecule has 0 radical (unpaired) electrons. The summed E-state index contributed by atoms with van der Waals surface area (Å²) in [7, 11) is 0. The minimum atomic E-state index is -0.295. The van der Waals surface area contributed by atoms with Crippen molar-refractivity contribution in [3.8, 4) is 0 Å². The Bertz CT molecular complexity index is 717. The van der Waals surface area contributed by atoms with Gasteiger partial charge in [0.05, 0.1) is 6.61 Å². The molecule has 2 N–H and O–H groups in total. The lowest BCUT2D eigenvalue weighted by atomic mass is 10.2. The van der Waals surface area contributed by atoms with Crippen molar-refractivity contribution in [3.63, 3.8) is 0 Å². The van der Waals surface area contributed by atoms with E-state index in [1.807, 2.05) is 0 Å². The third-order valence-electron chi connectivity index (χ3n) is 4.88. The second-order valence-corrected chi connectivity index (χ2v) is 7.75. The Kier molecular flexibility index (Phi) is 7.76. The quantitative estimate of drug-likeness (QED) is 0.719. The Hall–Kier alpha value is -2.03. The number of carbonyl (C=O) groups excluding carboxylic acids is 2. The number of benzene rings is 1. The van der Waals surface area contributed by atoms with E-state index in [1.165, 1.54) is 0 Å². The van der Waals surface area contributed by atoms with Gasteiger partial charge in [0.15, 0.2) is 5.76 Å². The highest BCUT2D eigenvalue weighted by atomic mass is 32.2. The molecule has 0 atom stereocenters. The summed E-state index contributed by atoms with van der Waals surface area (Å²) in [5.41, 5.74) is 1.11. The van der Waals surface area contributed by atoms with Crippen LogP contribution in [0.4, 0.5) is 5.69 Å². The maximum atomic E-state index is 12.4. The molecule has 3 rings (SSSR count). The third kappa shape index (κ3) is 5.98. The Labute approximate surface area is 170 Å². The molecule has 1 aromatic rings. The Balaban J connectivity index is 1.46. The van der Waals surface area contributed by atoms with Gasteiger partial charge in [0.25, 0.3) is 11.8 Å². The van der Waals surface area contributed by atoms with E-state index in [1.54, 1.807) is 41.4 Å². The van der Waals surface area contributed by atoms with Crippen LogP contribution in [0.5, 0.6) is 0 Å². The van der Waals surface area contributed by atoms with E-state index >= 15 is 0 Å². The number of ether oxygens (including phenoxy) is 1. The summed E-state index contributed by atoms with van der Waals surface area (Å²) < 4.78 is 5.36. The van der Waals surface area contributed by atoms with Gasteiger partial charge in [-0.2, -0.15) is 0 Å². The van der Waals surface area contributed by atoms with Crippen LogP contribution in [0.15, 0.2) is 35.4 Å². The molecule has 2 amide bonds. The minimum absolute atomic E-state index is 0.132. The van der Waals surface area contributed by atoms with Gasteiger partial charge in [-0.3, -0.25) is 14.5 Å². The number of likely N-dealkylation sites (N-methyl/N-ethyl adjacent to an activating group) is 1. The highest BCUT2D eigenvalue weighted by molar-refractivity contribution is 8.02. The predicted molar refractivity (Wildman–Crippen MR) is 112 cm³/mol. The molecule has 0 aromatic heterocycles. The second-order valence-electron chi connectivity index (χ2n) is 6.77. The zero-order valence-corrected chi connectivity index (χ0v) is 17.1. The molecule has 1 saturated heterocycles. The van der Waals surface area contributed by atoms with Gasteiger partial charge in [-0.25, -0.2) is 0 Å². The van der Waals surface area contributed by atoms with Crippen molar-refractivity contribution in [2.24, 2.45) is 0 Å². The zero-order valence-electron chi connectivity index (χ0n) is 16.3. The summed E-state index contributed by atoms with van der Waals surface area (Å²) in [6.07, 6.45) is 0. The molecule has 2 aliphatic heterocycles. The van der Waals surface area contributed by atoms with Gasteiger partial charge in [-0.1, -0.05) is 13.0 Å². The highest BCUT2D eigenvalue weighted by Crippen LogP contribution is 2.18. The summed E-state index contributed by atoms with van der Waals surface area (Å²) in [4.78, 5) is 29.5. The van der Waals surface area contributed by atoms with Gasteiger partial charge < -0.3 is 20.3 Å². The van der Waals surface area contributed by atoms with Crippen LogP contribution in [0, 0.1) is 0 Å². The van der Waals surface area contributed by atoms with Crippen molar-refractivity contribution >= 4 is 29.3 Å². The van der Waals surface area contributed by atoms with Crippen LogP contribution in [0.3, 0.4) is 0 Å². The van der Waals surface area contributed by atoms with Crippen molar-refractivity contribution in [2.45, 2.75) is 6.92 Å². The molecule has 8 heteroatoms. The van der Waals surface area contributed by atoms with Crippen LogP contribution in [-0.2, 0) is 9.53 Å². The van der Waals surface area contributed by atoms with Crippen molar-refractivity contribution in [1.29, 1.82) is 0 Å². The van der Waals surface area contributed by atoms with E-state index in [9.17, 15) is 9.59 Å². The summed E-state index contributed by atoms with van der Waals surface area (Å²) in [5.74, 6) is 0.734. The molecular weight excluding hydrogens is 376 g/mol. The predicted octanol–water partition coefficient (Wildman–Crippen LogP) is 1.60. The summed E-state index contributed by atoms with van der Waals surface area (Å²) in [6, 6.07) is 6.96. The van der Waals surface area contributed by atoms with Gasteiger partial charge >= 0.3 is 0 Å². The summed E-state index contributed by atoms with van der Waals surface area (Å²) >= 11 is 1.55. The first-order chi connectivity index (χ1) is 13.7. The number of amides is 2. The van der Waals surface area contributed by atoms with Crippen LogP contribution in [-0.4, -0.2) is 79.8 Å². The van der Waals surface area contributed by atoms with Crippen molar-refractivity contribution in [3.05, 3.63) is 41.0 Å². The number of nitrogens with one attached hydrogen (secondary N) is 2. The minimum Gasteiger partial charge on any atom is -0.487 e. The molecule has 1 aromatic carbocycles. The number of rotatable bonds is 7. The van der Waals surface area contributed by atoms with Crippen molar-refractivity contribution in [1.82, 2.24) is 15.1 Å². The molecular formula is C20H28N4O3S. The number of piperazine rings is 1. The number of hydrogen-bond donors (Lipinski definition) is 2. The topological polar surface area (TPSA) is 73.9 Å². The third-order valence-corrected chi connectivity index (χ3v) is 5.66. The lowest BCUT2D eigenvalue weighted by Crippen LogP contribution is -2.48. The monoisotopic (exact) mass is 404 g/mol. The van der Waals surface area contributed by atoms with Gasteiger partial charge in [0.2, 0.25) is 0 Å². The van der Waals surface area contributed by atoms with E-state index in [0.29, 0.717) is 30.2 Å². The maximum absolute atomic E-state index is 12.4. The smallest absolute Gasteiger partial charge is 0.291 e. The average Bonchev–Trinajstić information content (AvgIpc) is 2.75. The number of hydrogen-bond acceptors (Lipinski definition) is 6. The lowest BCUT2D eigenvalue weighted by Gasteiger charge is -2.33. The molecule has 7 nitrogen and oxygen atoms in total. The summed E-state index contributed by atoms with van der Waals surface area (Å²) in [5, 5.41) is 7.47. The van der Waals surface area contributed by atoms with Crippen LogP contribution in [0.1, 0.15) is 17.3 Å². The van der Waals surface area contributed by atoms with E-state index in [-0.39, 0.29) is 11.8 Å². The van der Waals surface area contributed by atoms with Crippen molar-refractivity contribution in [2.75, 3.05) is 63.5 Å². The number of anilines is 1. The number of thioether (sulfide) groups is 1. The average molecular weight is 405 g/mol. The lowest BCUT2D eigenvalue weighted by molar-refractivity contribution is -0.116. The first-order valence-electron chi connectivity index (χ1n) is 9.74. The zero-order chi connectivity index (χ0) is 19.8. The normalized spacial score (nSPS) is 18.1. The molecule has 1 fully saturated rings. The van der Waals surface area contributed by atoms with Gasteiger partial charge in [0, 0.05) is 61.7 Å². The first kappa shape index (κ1) is 20.7. The summed E-state index contributed by atoms with van der Waals surface area (Å²) in [6.45, 7) is 9.53. The van der Waals surface area contributed by atoms with E-state index < -0.39 is 0 Å². The van der Waals surface area contributed by atoms with Crippen molar-refractivity contribution < 1.29 is 14.3 Å². The Morgan fingerprint density at radius 1 is 1.14 bits per heavy atom. The highest BCUT2D eigenvalue weighted by Gasteiger charge is 2.16. The van der Waals surface area contributed by atoms with Crippen LogP contribution in [0.25, 0.3) is 0 Å². The number of carbonyl (C=O) groups is 2. The van der Waals surface area contributed by atoms with E-state index in [2.05, 4.69) is 27.4 Å². The Morgan fingerprint density at radius 2 is 1.93 bits per heavy atom. The fourth-order valence-corrected chi connectivity index (χ4v) is 3.80. The SMILES string of the molecule is CCN1CCN(CCNC(=O)c2cccc(NC(=O)C3=CSCCO3)c2)CC1. The van der Waals surface area contributed by atoms with Gasteiger partial charge in [-0.15, -0.1) is 11.8 Å².